The average Bonchev–Trinajstić information content (AvgIpc) is 2.67. The third-order valence-electron chi connectivity index (χ3n) is 4.26. The van der Waals surface area contributed by atoms with Gasteiger partial charge >= 0.3 is 5.97 Å². The van der Waals surface area contributed by atoms with Gasteiger partial charge in [0.15, 0.2) is 0 Å². The maximum absolute atomic E-state index is 14.3. The number of nitrogens with zero attached hydrogens (tertiary/aromatic N) is 2. The van der Waals surface area contributed by atoms with Gasteiger partial charge in [0.25, 0.3) is 0 Å². The molecule has 0 amide bonds. The van der Waals surface area contributed by atoms with E-state index in [-0.39, 0.29) is 47.1 Å². The maximum Gasteiger partial charge on any atom is 0.341 e. The Morgan fingerprint density at radius 2 is 2.11 bits per heavy atom. The SMILES string of the molecule is COc1nc2c(cc1Cc1cccc(Cl)c1F)c(=O)c(C(=O)O)cn2CCO. The molecule has 0 aliphatic carbocycles. The summed E-state index contributed by atoms with van der Waals surface area (Å²) in [6, 6.07) is 5.99. The number of ether oxygens (including phenoxy) is 1. The minimum Gasteiger partial charge on any atom is -0.481 e. The number of carboxylic acid groups (broad SMARTS) is 1. The fraction of sp³-hybridized carbons (Fsp3) is 0.211. The smallest absolute Gasteiger partial charge is 0.341 e. The van der Waals surface area contributed by atoms with E-state index in [9.17, 15) is 24.2 Å². The standard InChI is InChI=1S/C19H16ClFN2O5/c1-28-18-11(7-10-3-2-4-14(20)15(10)21)8-12-16(25)13(19(26)27)9-23(5-6-24)17(12)22-18/h2-4,8-9,24H,5-7H2,1H3,(H,26,27). The molecule has 0 aliphatic rings. The van der Waals surface area contributed by atoms with E-state index in [1.165, 1.54) is 23.8 Å². The van der Waals surface area contributed by atoms with Crippen LogP contribution in [0.15, 0.2) is 35.3 Å². The summed E-state index contributed by atoms with van der Waals surface area (Å²) >= 11 is 5.82. The molecule has 0 aliphatic heterocycles. The Hall–Kier alpha value is -2.97. The molecule has 0 saturated carbocycles. The van der Waals surface area contributed by atoms with Gasteiger partial charge in [0.05, 0.1) is 24.1 Å². The molecule has 7 nitrogen and oxygen atoms in total. The maximum atomic E-state index is 14.3. The van der Waals surface area contributed by atoms with Crippen LogP contribution in [0.5, 0.6) is 5.88 Å². The van der Waals surface area contributed by atoms with Gasteiger partial charge in [0.2, 0.25) is 11.3 Å². The van der Waals surface area contributed by atoms with Crippen molar-refractivity contribution in [2.75, 3.05) is 13.7 Å². The lowest BCUT2D eigenvalue weighted by Crippen LogP contribution is -2.21. The van der Waals surface area contributed by atoms with Gasteiger partial charge in [-0.2, -0.15) is 4.98 Å². The summed E-state index contributed by atoms with van der Waals surface area (Å²) in [5.74, 6) is -1.83. The first-order valence-corrected chi connectivity index (χ1v) is 8.63. The molecule has 1 aromatic carbocycles. The monoisotopic (exact) mass is 406 g/mol. The number of pyridine rings is 2. The number of halogens is 2. The number of rotatable bonds is 6. The average molecular weight is 407 g/mol. The van der Waals surface area contributed by atoms with Gasteiger partial charge in [-0.05, 0) is 17.7 Å². The van der Waals surface area contributed by atoms with Crippen LogP contribution in [0.25, 0.3) is 11.0 Å². The molecule has 3 rings (SSSR count). The number of benzene rings is 1. The summed E-state index contributed by atoms with van der Waals surface area (Å²) in [5, 5.41) is 18.6. The van der Waals surface area contributed by atoms with E-state index in [0.29, 0.717) is 5.56 Å². The van der Waals surface area contributed by atoms with E-state index in [1.54, 1.807) is 12.1 Å². The van der Waals surface area contributed by atoms with Gasteiger partial charge in [-0.3, -0.25) is 4.79 Å². The highest BCUT2D eigenvalue weighted by Crippen LogP contribution is 2.26. The molecule has 0 radical (unpaired) electrons. The second kappa shape index (κ2) is 7.95. The largest absolute Gasteiger partial charge is 0.481 e. The lowest BCUT2D eigenvalue weighted by atomic mass is 10.0. The number of aliphatic hydroxyl groups excluding tert-OH is 1. The molecule has 0 atom stereocenters. The summed E-state index contributed by atoms with van der Waals surface area (Å²) in [4.78, 5) is 28.3. The van der Waals surface area contributed by atoms with E-state index in [2.05, 4.69) is 4.98 Å². The summed E-state index contributed by atoms with van der Waals surface area (Å²) < 4.78 is 20.9. The molecule has 3 aromatic rings. The van der Waals surface area contributed by atoms with Crippen LogP contribution in [0.1, 0.15) is 21.5 Å². The van der Waals surface area contributed by atoms with Crippen LogP contribution < -0.4 is 10.2 Å². The van der Waals surface area contributed by atoms with Crippen molar-refractivity contribution in [1.82, 2.24) is 9.55 Å². The number of aliphatic hydroxyl groups is 1. The van der Waals surface area contributed by atoms with Crippen molar-refractivity contribution in [2.24, 2.45) is 0 Å². The lowest BCUT2D eigenvalue weighted by Gasteiger charge is -2.14. The molecular formula is C19H16ClFN2O5. The zero-order valence-corrected chi connectivity index (χ0v) is 15.5. The number of aromatic carboxylic acids is 1. The van der Waals surface area contributed by atoms with Crippen LogP contribution in [-0.4, -0.2) is 39.5 Å². The highest BCUT2D eigenvalue weighted by atomic mass is 35.5. The predicted molar refractivity (Wildman–Crippen MR) is 101 cm³/mol. The zero-order chi connectivity index (χ0) is 20.4. The van der Waals surface area contributed by atoms with E-state index >= 15 is 0 Å². The second-order valence-corrected chi connectivity index (χ2v) is 6.42. The fourth-order valence-electron chi connectivity index (χ4n) is 2.96. The Kier molecular flexibility index (Phi) is 5.62. The molecule has 2 aromatic heterocycles. The van der Waals surface area contributed by atoms with Crippen molar-refractivity contribution in [3.63, 3.8) is 0 Å². The Labute approximate surface area is 163 Å². The van der Waals surface area contributed by atoms with Crippen LogP contribution in [0.4, 0.5) is 4.39 Å². The highest BCUT2D eigenvalue weighted by molar-refractivity contribution is 6.30. The lowest BCUT2D eigenvalue weighted by molar-refractivity contribution is 0.0694. The molecule has 0 saturated heterocycles. The van der Waals surface area contributed by atoms with Gasteiger partial charge in [-0.1, -0.05) is 23.7 Å². The second-order valence-electron chi connectivity index (χ2n) is 6.01. The molecule has 28 heavy (non-hydrogen) atoms. The third-order valence-corrected chi connectivity index (χ3v) is 4.56. The van der Waals surface area contributed by atoms with E-state index < -0.39 is 22.8 Å². The number of carboxylic acids is 1. The van der Waals surface area contributed by atoms with Crippen LogP contribution in [0.2, 0.25) is 5.02 Å². The Balaban J connectivity index is 2.26. The molecule has 0 fully saturated rings. The fourth-order valence-corrected chi connectivity index (χ4v) is 3.15. The molecule has 0 bridgehead atoms. The summed E-state index contributed by atoms with van der Waals surface area (Å²) in [6.07, 6.45) is 1.17. The van der Waals surface area contributed by atoms with Crippen LogP contribution >= 0.6 is 11.6 Å². The van der Waals surface area contributed by atoms with Crippen molar-refractivity contribution in [3.05, 3.63) is 68.2 Å². The summed E-state index contributed by atoms with van der Waals surface area (Å²) in [6.45, 7) is -0.244. The first-order chi connectivity index (χ1) is 13.4. The predicted octanol–water partition coefficient (Wildman–Crippen LogP) is 2.48. The molecule has 0 unspecified atom stereocenters. The number of hydrogen-bond acceptors (Lipinski definition) is 5. The topological polar surface area (TPSA) is 102 Å². The van der Waals surface area contributed by atoms with Crippen molar-refractivity contribution in [1.29, 1.82) is 0 Å². The van der Waals surface area contributed by atoms with Crippen molar-refractivity contribution in [2.45, 2.75) is 13.0 Å². The van der Waals surface area contributed by atoms with Gasteiger partial charge in [-0.15, -0.1) is 0 Å². The summed E-state index contributed by atoms with van der Waals surface area (Å²) in [7, 11) is 1.38. The number of hydrogen-bond donors (Lipinski definition) is 2. The molecule has 9 heteroatoms. The number of methoxy groups -OCH3 is 1. The van der Waals surface area contributed by atoms with Crippen molar-refractivity contribution < 1.29 is 24.1 Å². The Morgan fingerprint density at radius 3 is 2.75 bits per heavy atom. The molecule has 2 N–H and O–H groups in total. The van der Waals surface area contributed by atoms with Gasteiger partial charge in [0.1, 0.15) is 17.0 Å². The Bertz CT molecular complexity index is 1130. The minimum atomic E-state index is -1.39. The third kappa shape index (κ3) is 3.56. The molecule has 0 spiro atoms. The van der Waals surface area contributed by atoms with Crippen LogP contribution in [0, 0.1) is 5.82 Å². The first kappa shape index (κ1) is 19.8. The number of carbonyl (C=O) groups is 1. The van der Waals surface area contributed by atoms with E-state index in [0.717, 1.165) is 6.20 Å². The quantitative estimate of drug-likeness (QED) is 0.652. The number of fused-ring (bicyclic) bond motifs is 1. The molecule has 146 valence electrons. The van der Waals surface area contributed by atoms with E-state index in [1.807, 2.05) is 0 Å². The van der Waals surface area contributed by atoms with Crippen LogP contribution in [-0.2, 0) is 13.0 Å². The van der Waals surface area contributed by atoms with Gasteiger partial charge in [-0.25, -0.2) is 9.18 Å². The zero-order valence-electron chi connectivity index (χ0n) is 14.8. The normalized spacial score (nSPS) is 11.0. The van der Waals surface area contributed by atoms with Crippen molar-refractivity contribution in [3.8, 4) is 5.88 Å². The molecule has 2 heterocycles. The Morgan fingerprint density at radius 1 is 1.36 bits per heavy atom. The van der Waals surface area contributed by atoms with E-state index in [4.69, 9.17) is 16.3 Å². The highest BCUT2D eigenvalue weighted by Gasteiger charge is 2.19. The van der Waals surface area contributed by atoms with Crippen LogP contribution in [0.3, 0.4) is 0 Å². The van der Waals surface area contributed by atoms with Crippen molar-refractivity contribution >= 4 is 28.6 Å². The summed E-state index contributed by atoms with van der Waals surface area (Å²) in [5.41, 5.74) is -0.341. The molecular weight excluding hydrogens is 391 g/mol. The first-order valence-electron chi connectivity index (χ1n) is 8.25. The minimum absolute atomic E-state index is 0.0339. The van der Waals surface area contributed by atoms with Gasteiger partial charge in [0, 0.05) is 24.7 Å². The number of aromatic nitrogens is 2. The van der Waals surface area contributed by atoms with Gasteiger partial charge < -0.3 is 19.5 Å².